The summed E-state index contributed by atoms with van der Waals surface area (Å²) < 4.78 is 5.60. The molecular formula is C20H31IN4OS. The lowest BCUT2D eigenvalue weighted by Gasteiger charge is -2.11. The Labute approximate surface area is 184 Å². The number of nitrogens with zero attached hydrogens (tertiary/aromatic N) is 2. The molecule has 0 spiro atoms. The normalized spacial score (nSPS) is 11.3. The van der Waals surface area contributed by atoms with Crippen molar-refractivity contribution in [1.29, 1.82) is 0 Å². The van der Waals surface area contributed by atoms with Gasteiger partial charge in [-0.15, -0.1) is 35.3 Å². The van der Waals surface area contributed by atoms with E-state index in [0.29, 0.717) is 12.5 Å². The SMILES string of the molecule is CCNC(=NCc1nc(-c2ccccc2)cs1)NCCCOCC(C)C.I. The first kappa shape index (κ1) is 23.8. The van der Waals surface area contributed by atoms with Crippen molar-refractivity contribution in [3.05, 3.63) is 40.7 Å². The van der Waals surface area contributed by atoms with Crippen LogP contribution in [0.1, 0.15) is 32.2 Å². The molecule has 2 N–H and O–H groups in total. The van der Waals surface area contributed by atoms with Gasteiger partial charge in [-0.05, 0) is 19.3 Å². The molecule has 1 heterocycles. The number of hydrogen-bond donors (Lipinski definition) is 2. The predicted molar refractivity (Wildman–Crippen MR) is 126 cm³/mol. The Morgan fingerprint density at radius 3 is 2.70 bits per heavy atom. The van der Waals surface area contributed by atoms with Crippen LogP contribution in [0.4, 0.5) is 0 Å². The van der Waals surface area contributed by atoms with Crippen molar-refractivity contribution in [1.82, 2.24) is 15.6 Å². The highest BCUT2D eigenvalue weighted by Gasteiger charge is 2.04. The minimum absolute atomic E-state index is 0. The largest absolute Gasteiger partial charge is 0.381 e. The Bertz CT molecular complexity index is 661. The average molecular weight is 502 g/mol. The number of hydrogen-bond acceptors (Lipinski definition) is 4. The second-order valence-corrected chi connectivity index (χ2v) is 7.38. The maximum Gasteiger partial charge on any atom is 0.191 e. The van der Waals surface area contributed by atoms with Crippen molar-refractivity contribution in [2.24, 2.45) is 10.9 Å². The summed E-state index contributed by atoms with van der Waals surface area (Å²) >= 11 is 1.65. The molecule has 0 saturated carbocycles. The first-order valence-corrected chi connectivity index (χ1v) is 10.2. The van der Waals surface area contributed by atoms with Crippen LogP contribution in [0, 0.1) is 5.92 Å². The van der Waals surface area contributed by atoms with E-state index in [-0.39, 0.29) is 24.0 Å². The molecule has 150 valence electrons. The fourth-order valence-corrected chi connectivity index (χ4v) is 3.04. The lowest BCUT2D eigenvalue weighted by atomic mass is 10.2. The standard InChI is InChI=1S/C20H30N4OS.HI/c1-4-21-20(22-11-8-12-25-14-16(2)3)23-13-19-24-18(15-26-19)17-9-6-5-7-10-17;/h5-7,9-10,15-16H,4,8,11-14H2,1-3H3,(H2,21,22,23);1H. The smallest absolute Gasteiger partial charge is 0.191 e. The van der Waals surface area contributed by atoms with Crippen LogP contribution in [0.5, 0.6) is 0 Å². The van der Waals surface area contributed by atoms with E-state index in [1.54, 1.807) is 11.3 Å². The highest BCUT2D eigenvalue weighted by atomic mass is 127. The molecule has 1 aromatic carbocycles. The fourth-order valence-electron chi connectivity index (χ4n) is 2.31. The van der Waals surface area contributed by atoms with Gasteiger partial charge in [-0.2, -0.15) is 0 Å². The number of rotatable bonds is 10. The van der Waals surface area contributed by atoms with E-state index >= 15 is 0 Å². The highest BCUT2D eigenvalue weighted by molar-refractivity contribution is 14.0. The molecule has 0 unspecified atom stereocenters. The van der Waals surface area contributed by atoms with Crippen LogP contribution in [0.15, 0.2) is 40.7 Å². The summed E-state index contributed by atoms with van der Waals surface area (Å²) in [6.45, 7) is 10.3. The van der Waals surface area contributed by atoms with Gasteiger partial charge in [0.1, 0.15) is 5.01 Å². The van der Waals surface area contributed by atoms with Crippen LogP contribution < -0.4 is 10.6 Å². The summed E-state index contributed by atoms with van der Waals surface area (Å²) in [5.74, 6) is 1.41. The minimum atomic E-state index is 0. The number of ether oxygens (including phenoxy) is 1. The summed E-state index contributed by atoms with van der Waals surface area (Å²) in [6.07, 6.45) is 0.965. The lowest BCUT2D eigenvalue weighted by molar-refractivity contribution is 0.108. The Morgan fingerprint density at radius 2 is 2.00 bits per heavy atom. The number of benzene rings is 1. The van der Waals surface area contributed by atoms with Crippen molar-refractivity contribution in [2.75, 3.05) is 26.3 Å². The molecule has 5 nitrogen and oxygen atoms in total. The van der Waals surface area contributed by atoms with Crippen molar-refractivity contribution in [3.63, 3.8) is 0 Å². The number of aliphatic imine (C=N–C) groups is 1. The van der Waals surface area contributed by atoms with Crippen molar-refractivity contribution in [3.8, 4) is 11.3 Å². The third-order valence-electron chi connectivity index (χ3n) is 3.55. The molecule has 0 bridgehead atoms. The zero-order chi connectivity index (χ0) is 18.6. The summed E-state index contributed by atoms with van der Waals surface area (Å²) in [4.78, 5) is 9.32. The maximum absolute atomic E-state index is 5.60. The molecule has 2 rings (SSSR count). The zero-order valence-corrected chi connectivity index (χ0v) is 19.6. The van der Waals surface area contributed by atoms with Crippen LogP contribution in [0.25, 0.3) is 11.3 Å². The van der Waals surface area contributed by atoms with E-state index in [2.05, 4.69) is 58.9 Å². The van der Waals surface area contributed by atoms with Gasteiger partial charge in [-0.1, -0.05) is 44.2 Å². The van der Waals surface area contributed by atoms with Gasteiger partial charge >= 0.3 is 0 Å². The van der Waals surface area contributed by atoms with Crippen molar-refractivity contribution in [2.45, 2.75) is 33.7 Å². The molecule has 0 aliphatic heterocycles. The number of nitrogens with one attached hydrogen (secondary N) is 2. The van der Waals surface area contributed by atoms with E-state index in [1.165, 1.54) is 0 Å². The van der Waals surface area contributed by atoms with E-state index in [0.717, 1.165) is 54.9 Å². The van der Waals surface area contributed by atoms with E-state index in [9.17, 15) is 0 Å². The number of aromatic nitrogens is 1. The van der Waals surface area contributed by atoms with Gasteiger partial charge in [0.05, 0.1) is 12.2 Å². The van der Waals surface area contributed by atoms with Gasteiger partial charge in [-0.25, -0.2) is 9.98 Å². The second-order valence-electron chi connectivity index (χ2n) is 6.44. The molecule has 0 aliphatic rings. The quantitative estimate of drug-likeness (QED) is 0.217. The number of thiazole rings is 1. The van der Waals surface area contributed by atoms with Gasteiger partial charge in [0, 0.05) is 37.2 Å². The summed E-state index contributed by atoms with van der Waals surface area (Å²) in [5, 5.41) is 9.73. The molecule has 0 saturated heterocycles. The Morgan fingerprint density at radius 1 is 1.22 bits per heavy atom. The fraction of sp³-hybridized carbons (Fsp3) is 0.500. The van der Waals surface area contributed by atoms with Crippen molar-refractivity contribution < 1.29 is 4.74 Å². The van der Waals surface area contributed by atoms with Gasteiger partial charge in [-0.3, -0.25) is 0 Å². The minimum Gasteiger partial charge on any atom is -0.381 e. The third-order valence-corrected chi connectivity index (χ3v) is 4.38. The Balaban J connectivity index is 0.00000364. The Kier molecular flexibility index (Phi) is 12.3. The zero-order valence-electron chi connectivity index (χ0n) is 16.4. The van der Waals surface area contributed by atoms with Crippen LogP contribution in [0.3, 0.4) is 0 Å². The summed E-state index contributed by atoms with van der Waals surface area (Å²) in [5.41, 5.74) is 2.16. The molecule has 0 fully saturated rings. The summed E-state index contributed by atoms with van der Waals surface area (Å²) in [7, 11) is 0. The molecule has 0 radical (unpaired) electrons. The van der Waals surface area contributed by atoms with Crippen LogP contribution in [0.2, 0.25) is 0 Å². The maximum atomic E-state index is 5.60. The summed E-state index contributed by atoms with van der Waals surface area (Å²) in [6, 6.07) is 10.2. The Hall–Kier alpha value is -1.19. The molecule has 27 heavy (non-hydrogen) atoms. The lowest BCUT2D eigenvalue weighted by Crippen LogP contribution is -2.38. The topological polar surface area (TPSA) is 58.5 Å². The van der Waals surface area contributed by atoms with E-state index in [4.69, 9.17) is 4.74 Å². The van der Waals surface area contributed by atoms with Gasteiger partial charge in [0.2, 0.25) is 0 Å². The van der Waals surface area contributed by atoms with E-state index < -0.39 is 0 Å². The molecule has 1 aromatic heterocycles. The molecule has 0 amide bonds. The first-order chi connectivity index (χ1) is 12.7. The van der Waals surface area contributed by atoms with Crippen LogP contribution >= 0.6 is 35.3 Å². The number of halogens is 1. The van der Waals surface area contributed by atoms with Crippen molar-refractivity contribution >= 4 is 41.3 Å². The molecule has 7 heteroatoms. The molecule has 0 aliphatic carbocycles. The molecular weight excluding hydrogens is 471 g/mol. The third kappa shape index (κ3) is 9.53. The number of guanidine groups is 1. The second kappa shape index (κ2) is 13.9. The highest BCUT2D eigenvalue weighted by Crippen LogP contribution is 2.21. The van der Waals surface area contributed by atoms with Gasteiger partial charge in [0.25, 0.3) is 0 Å². The predicted octanol–water partition coefficient (Wildman–Crippen LogP) is 4.55. The molecule has 0 atom stereocenters. The van der Waals surface area contributed by atoms with Gasteiger partial charge in [0.15, 0.2) is 5.96 Å². The first-order valence-electron chi connectivity index (χ1n) is 9.28. The average Bonchev–Trinajstić information content (AvgIpc) is 3.12. The monoisotopic (exact) mass is 502 g/mol. The van der Waals surface area contributed by atoms with E-state index in [1.807, 2.05) is 18.2 Å². The van der Waals surface area contributed by atoms with Crippen LogP contribution in [-0.2, 0) is 11.3 Å². The van der Waals surface area contributed by atoms with Crippen LogP contribution in [-0.4, -0.2) is 37.2 Å². The van der Waals surface area contributed by atoms with Gasteiger partial charge < -0.3 is 15.4 Å². The molecule has 2 aromatic rings.